The number of carbonyl (C=O) groups excluding carboxylic acids is 1. The normalized spacial score (nSPS) is 12.2. The van der Waals surface area contributed by atoms with Gasteiger partial charge in [0.25, 0.3) is 5.91 Å². The molecule has 1 amide bonds. The number of fused-ring (bicyclic) bond motifs is 1. The van der Waals surface area contributed by atoms with Crippen molar-refractivity contribution in [2.75, 3.05) is 13.1 Å². The first-order valence-electron chi connectivity index (χ1n) is 7.24. The molecule has 0 unspecified atom stereocenters. The first-order chi connectivity index (χ1) is 10.6. The molecule has 0 aliphatic carbocycles. The molecule has 0 radical (unpaired) electrons. The summed E-state index contributed by atoms with van der Waals surface area (Å²) in [4.78, 5) is 17.4. The summed E-state index contributed by atoms with van der Waals surface area (Å²) in [5.41, 5.74) is 1.40. The number of hydrogen-bond acceptors (Lipinski definition) is 3. The number of amides is 1. The van der Waals surface area contributed by atoms with E-state index in [2.05, 4.69) is 10.1 Å². The maximum atomic E-state index is 12.7. The van der Waals surface area contributed by atoms with Crippen molar-refractivity contribution < 1.29 is 18.0 Å². The van der Waals surface area contributed by atoms with Gasteiger partial charge in [-0.15, -0.1) is 0 Å². The third kappa shape index (κ3) is 4.00. The summed E-state index contributed by atoms with van der Waals surface area (Å²) in [6, 6.07) is 1.55. The van der Waals surface area contributed by atoms with Crippen LogP contribution in [0.3, 0.4) is 0 Å². The minimum absolute atomic E-state index is 0.0302. The van der Waals surface area contributed by atoms with Crippen LogP contribution in [0.25, 0.3) is 11.0 Å². The smallest absolute Gasteiger partial charge is 0.329 e. The van der Waals surface area contributed by atoms with Crippen LogP contribution in [0.15, 0.2) is 12.3 Å². The van der Waals surface area contributed by atoms with Gasteiger partial charge in [-0.05, 0) is 18.9 Å². The van der Waals surface area contributed by atoms with Gasteiger partial charge in [0.2, 0.25) is 0 Å². The van der Waals surface area contributed by atoms with Crippen LogP contribution in [0.5, 0.6) is 0 Å². The lowest BCUT2D eigenvalue weighted by molar-refractivity contribution is -0.141. The number of aryl methyl sites for hydroxylation is 2. The van der Waals surface area contributed by atoms with Crippen molar-refractivity contribution in [1.29, 1.82) is 0 Å². The van der Waals surface area contributed by atoms with Crippen LogP contribution in [0.4, 0.5) is 13.2 Å². The van der Waals surface area contributed by atoms with Crippen LogP contribution in [0.1, 0.15) is 29.9 Å². The number of carbonyl (C=O) groups is 1. The van der Waals surface area contributed by atoms with E-state index in [0.29, 0.717) is 16.7 Å². The molecule has 0 aromatic carbocycles. The van der Waals surface area contributed by atoms with E-state index in [1.165, 1.54) is 6.20 Å². The molecule has 0 saturated heterocycles. The zero-order valence-electron chi connectivity index (χ0n) is 13.5. The van der Waals surface area contributed by atoms with E-state index in [0.717, 1.165) is 4.90 Å². The molecule has 8 heteroatoms. The SMILES string of the molecule is Cc1nn(C)c2ncc(C(=O)N(CC(C)C)CC(F)(F)F)cc12. The molecule has 2 heterocycles. The maximum Gasteiger partial charge on any atom is 0.406 e. The van der Waals surface area contributed by atoms with Gasteiger partial charge in [0.1, 0.15) is 6.54 Å². The molecule has 2 aromatic rings. The molecule has 0 fully saturated rings. The van der Waals surface area contributed by atoms with Gasteiger partial charge in [-0.25, -0.2) is 4.98 Å². The number of aromatic nitrogens is 3. The summed E-state index contributed by atoms with van der Waals surface area (Å²) in [5.74, 6) is -0.744. The predicted octanol–water partition coefficient (Wildman–Crippen LogP) is 2.94. The van der Waals surface area contributed by atoms with Crippen LogP contribution < -0.4 is 0 Å². The number of halogens is 3. The zero-order valence-corrected chi connectivity index (χ0v) is 13.5. The van der Waals surface area contributed by atoms with Crippen LogP contribution in [0, 0.1) is 12.8 Å². The van der Waals surface area contributed by atoms with E-state index >= 15 is 0 Å². The number of rotatable bonds is 4. The highest BCUT2D eigenvalue weighted by atomic mass is 19.4. The Morgan fingerprint density at radius 3 is 2.61 bits per heavy atom. The van der Waals surface area contributed by atoms with Crippen molar-refractivity contribution in [3.05, 3.63) is 23.5 Å². The second-order valence-electron chi connectivity index (χ2n) is 6.00. The fourth-order valence-electron chi connectivity index (χ4n) is 2.48. The summed E-state index contributed by atoms with van der Waals surface area (Å²) < 4.78 is 39.8. The molecule has 0 aliphatic heterocycles. The van der Waals surface area contributed by atoms with Gasteiger partial charge in [-0.3, -0.25) is 9.48 Å². The van der Waals surface area contributed by atoms with Crippen LogP contribution in [0.2, 0.25) is 0 Å². The van der Waals surface area contributed by atoms with Gasteiger partial charge in [-0.1, -0.05) is 13.8 Å². The first-order valence-corrected chi connectivity index (χ1v) is 7.24. The van der Waals surface area contributed by atoms with Gasteiger partial charge < -0.3 is 4.90 Å². The Balaban J connectivity index is 2.37. The lowest BCUT2D eigenvalue weighted by Crippen LogP contribution is -2.41. The predicted molar refractivity (Wildman–Crippen MR) is 80.0 cm³/mol. The van der Waals surface area contributed by atoms with E-state index in [4.69, 9.17) is 0 Å². The Bertz CT molecular complexity index is 721. The van der Waals surface area contributed by atoms with Crippen molar-refractivity contribution in [2.45, 2.75) is 26.9 Å². The van der Waals surface area contributed by atoms with Gasteiger partial charge in [0.15, 0.2) is 5.65 Å². The van der Waals surface area contributed by atoms with E-state index in [9.17, 15) is 18.0 Å². The number of pyridine rings is 1. The fourth-order valence-corrected chi connectivity index (χ4v) is 2.48. The van der Waals surface area contributed by atoms with Gasteiger partial charge in [-0.2, -0.15) is 18.3 Å². The molecule has 0 spiro atoms. The summed E-state index contributed by atoms with van der Waals surface area (Å²) in [5, 5.41) is 4.85. The molecule has 23 heavy (non-hydrogen) atoms. The highest BCUT2D eigenvalue weighted by Crippen LogP contribution is 2.21. The fraction of sp³-hybridized carbons (Fsp3) is 0.533. The lowest BCUT2D eigenvalue weighted by Gasteiger charge is -2.25. The summed E-state index contributed by atoms with van der Waals surface area (Å²) >= 11 is 0. The number of hydrogen-bond donors (Lipinski definition) is 0. The summed E-state index contributed by atoms with van der Waals surface area (Å²) in [6.07, 6.45) is -3.14. The average Bonchev–Trinajstić information content (AvgIpc) is 2.70. The Morgan fingerprint density at radius 1 is 1.39 bits per heavy atom. The van der Waals surface area contributed by atoms with Gasteiger partial charge in [0.05, 0.1) is 11.3 Å². The zero-order chi connectivity index (χ0) is 17.4. The third-order valence-corrected chi connectivity index (χ3v) is 3.35. The lowest BCUT2D eigenvalue weighted by atomic mass is 10.1. The van der Waals surface area contributed by atoms with Crippen molar-refractivity contribution >= 4 is 16.9 Å². The molecular weight excluding hydrogens is 309 g/mol. The third-order valence-electron chi connectivity index (χ3n) is 3.35. The molecule has 2 aromatic heterocycles. The van der Waals surface area contributed by atoms with E-state index < -0.39 is 18.6 Å². The molecule has 0 aliphatic rings. The highest BCUT2D eigenvalue weighted by Gasteiger charge is 2.33. The molecular formula is C15H19F3N4O. The molecule has 0 saturated carbocycles. The van der Waals surface area contributed by atoms with Crippen LogP contribution >= 0.6 is 0 Å². The highest BCUT2D eigenvalue weighted by molar-refractivity contribution is 5.97. The van der Waals surface area contributed by atoms with Gasteiger partial charge >= 0.3 is 6.18 Å². The number of nitrogens with zero attached hydrogens (tertiary/aromatic N) is 4. The summed E-state index contributed by atoms with van der Waals surface area (Å²) in [7, 11) is 1.72. The van der Waals surface area contributed by atoms with E-state index in [-0.39, 0.29) is 18.0 Å². The van der Waals surface area contributed by atoms with Crippen LogP contribution in [-0.2, 0) is 7.05 Å². The van der Waals surface area contributed by atoms with E-state index in [1.54, 1.807) is 38.6 Å². The topological polar surface area (TPSA) is 51.0 Å². The molecule has 0 bridgehead atoms. The monoisotopic (exact) mass is 328 g/mol. The second kappa shape index (κ2) is 6.17. The quantitative estimate of drug-likeness (QED) is 0.867. The Kier molecular flexibility index (Phi) is 4.63. The van der Waals surface area contributed by atoms with E-state index in [1.807, 2.05) is 0 Å². The van der Waals surface area contributed by atoms with Crippen molar-refractivity contribution in [2.24, 2.45) is 13.0 Å². The standard InChI is InChI=1S/C15H19F3N4O/c1-9(2)7-22(8-15(16,17)18)14(23)11-5-12-10(3)20-21(4)13(12)19-6-11/h5-6,9H,7-8H2,1-4H3. The average molecular weight is 328 g/mol. The molecule has 0 atom stereocenters. The molecule has 2 rings (SSSR count). The van der Waals surface area contributed by atoms with Gasteiger partial charge in [0, 0.05) is 25.2 Å². The van der Waals surface area contributed by atoms with Crippen LogP contribution in [-0.4, -0.2) is 44.8 Å². The Hall–Kier alpha value is -2.12. The second-order valence-corrected chi connectivity index (χ2v) is 6.00. The largest absolute Gasteiger partial charge is 0.406 e. The molecule has 0 N–H and O–H groups in total. The Morgan fingerprint density at radius 2 is 2.04 bits per heavy atom. The van der Waals surface area contributed by atoms with Crippen molar-refractivity contribution in [1.82, 2.24) is 19.7 Å². The van der Waals surface area contributed by atoms with Crippen molar-refractivity contribution in [3.8, 4) is 0 Å². The summed E-state index contributed by atoms with van der Waals surface area (Å²) in [6.45, 7) is 4.06. The number of alkyl halides is 3. The Labute approximate surface area is 132 Å². The minimum Gasteiger partial charge on any atom is -0.329 e. The molecule has 5 nitrogen and oxygen atoms in total. The molecule has 126 valence electrons. The first kappa shape index (κ1) is 17.2. The minimum atomic E-state index is -4.44. The maximum absolute atomic E-state index is 12.7. The van der Waals surface area contributed by atoms with Crippen molar-refractivity contribution in [3.63, 3.8) is 0 Å².